The average Bonchev–Trinajstić information content (AvgIpc) is 3.18. The average molecular weight is 550 g/mol. The van der Waals surface area contributed by atoms with Crippen LogP contribution >= 0.6 is 11.8 Å². The Morgan fingerprint density at radius 1 is 0.974 bits per heavy atom. The molecule has 0 radical (unpaired) electrons. The third-order valence-corrected chi connectivity index (χ3v) is 9.22. The minimum atomic E-state index is -3.51. The second-order valence-corrected chi connectivity index (χ2v) is 12.5. The van der Waals surface area contributed by atoms with Gasteiger partial charge in [-0.05, 0) is 35.5 Å². The van der Waals surface area contributed by atoms with Crippen LogP contribution in [0.15, 0.2) is 76.5 Å². The Morgan fingerprint density at radius 3 is 2.32 bits per heavy atom. The molecule has 194 valence electrons. The Labute approximate surface area is 223 Å². The normalized spacial score (nSPS) is 19.8. The van der Waals surface area contributed by atoms with Crippen molar-refractivity contribution in [1.82, 2.24) is 19.6 Å². The molecule has 38 heavy (non-hydrogen) atoms. The highest BCUT2D eigenvalue weighted by Gasteiger charge is 2.56. The summed E-state index contributed by atoms with van der Waals surface area (Å²) in [7, 11) is -3.51. The number of carbonyl (C=O) groups excluding carboxylic acids is 2. The highest BCUT2D eigenvalue weighted by Crippen LogP contribution is 2.43. The molecule has 3 aliphatic rings. The maximum Gasteiger partial charge on any atom is 0.290 e. The first-order chi connectivity index (χ1) is 18.3. The van der Waals surface area contributed by atoms with Crippen LogP contribution in [0.1, 0.15) is 11.3 Å². The Bertz CT molecular complexity index is 1530. The van der Waals surface area contributed by atoms with Crippen LogP contribution in [0.4, 0.5) is 10.7 Å². The van der Waals surface area contributed by atoms with E-state index in [1.54, 1.807) is 42.5 Å². The lowest BCUT2D eigenvalue weighted by Gasteiger charge is -2.59. The Balaban J connectivity index is 1.19. The van der Waals surface area contributed by atoms with Crippen molar-refractivity contribution in [1.29, 1.82) is 0 Å². The zero-order chi connectivity index (χ0) is 26.3. The van der Waals surface area contributed by atoms with Crippen LogP contribution in [0.25, 0.3) is 6.08 Å². The van der Waals surface area contributed by atoms with Crippen molar-refractivity contribution in [2.45, 2.75) is 11.5 Å². The van der Waals surface area contributed by atoms with Crippen molar-refractivity contribution >= 4 is 45.0 Å². The molecule has 1 aromatic heterocycles. The van der Waals surface area contributed by atoms with E-state index in [9.17, 15) is 18.0 Å². The fourth-order valence-electron chi connectivity index (χ4n) is 4.72. The quantitative estimate of drug-likeness (QED) is 0.443. The zero-order valence-electron chi connectivity index (χ0n) is 20.1. The Morgan fingerprint density at radius 2 is 1.66 bits per heavy atom. The number of thioether (sulfide) groups is 1. The third kappa shape index (κ3) is 4.77. The van der Waals surface area contributed by atoms with Gasteiger partial charge in [-0.3, -0.25) is 14.9 Å². The van der Waals surface area contributed by atoms with Crippen molar-refractivity contribution in [3.8, 4) is 5.88 Å². The lowest BCUT2D eigenvalue weighted by Crippen LogP contribution is -2.73. The SMILES string of the molecule is O=C1NC(=O)/C(=C\c2cc(OCc3ccccc3)nc(N3CC4(C3)CN(S(=O)(=O)c3ccccc3)C4)n2)S1. The number of nitrogens with one attached hydrogen (secondary N) is 1. The fourth-order valence-corrected chi connectivity index (χ4v) is 7.08. The van der Waals surface area contributed by atoms with Crippen molar-refractivity contribution in [2.24, 2.45) is 5.41 Å². The summed E-state index contributed by atoms with van der Waals surface area (Å²) in [6.45, 7) is 2.36. The highest BCUT2D eigenvalue weighted by molar-refractivity contribution is 8.18. The molecule has 6 rings (SSSR count). The number of aromatic nitrogens is 2. The van der Waals surface area contributed by atoms with E-state index in [4.69, 9.17) is 4.74 Å². The summed E-state index contributed by atoms with van der Waals surface area (Å²) in [6, 6.07) is 19.7. The maximum atomic E-state index is 12.9. The van der Waals surface area contributed by atoms with E-state index >= 15 is 0 Å². The van der Waals surface area contributed by atoms with Gasteiger partial charge in [-0.2, -0.15) is 9.29 Å². The summed E-state index contributed by atoms with van der Waals surface area (Å²) < 4.78 is 33.2. The van der Waals surface area contributed by atoms with Gasteiger partial charge in [0.2, 0.25) is 21.9 Å². The van der Waals surface area contributed by atoms with Gasteiger partial charge in [0.25, 0.3) is 11.1 Å². The number of benzene rings is 2. The van der Waals surface area contributed by atoms with Gasteiger partial charge in [-0.15, -0.1) is 0 Å². The molecule has 2 amide bonds. The topological polar surface area (TPSA) is 122 Å². The molecule has 3 aliphatic heterocycles. The summed E-state index contributed by atoms with van der Waals surface area (Å²) in [6.07, 6.45) is 1.54. The van der Waals surface area contributed by atoms with Gasteiger partial charge in [0.1, 0.15) is 6.61 Å². The first-order valence-corrected chi connectivity index (χ1v) is 14.2. The van der Waals surface area contributed by atoms with E-state index < -0.39 is 21.2 Å². The van der Waals surface area contributed by atoms with E-state index in [0.717, 1.165) is 17.3 Å². The number of imide groups is 1. The van der Waals surface area contributed by atoms with Gasteiger partial charge >= 0.3 is 0 Å². The van der Waals surface area contributed by atoms with E-state index in [1.165, 1.54) is 4.31 Å². The smallest absolute Gasteiger partial charge is 0.290 e. The second-order valence-electron chi connectivity index (χ2n) is 9.50. The molecule has 0 atom stereocenters. The molecule has 12 heteroatoms. The minimum absolute atomic E-state index is 0.154. The number of amides is 2. The zero-order valence-corrected chi connectivity index (χ0v) is 21.7. The second kappa shape index (κ2) is 9.53. The molecule has 0 saturated carbocycles. The van der Waals surface area contributed by atoms with Gasteiger partial charge in [0.05, 0.1) is 15.5 Å². The molecule has 1 spiro atoms. The van der Waals surface area contributed by atoms with Crippen LogP contribution in [0.2, 0.25) is 0 Å². The fraction of sp³-hybridized carbons (Fsp3) is 0.231. The minimum Gasteiger partial charge on any atom is -0.473 e. The van der Waals surface area contributed by atoms with E-state index in [2.05, 4.69) is 15.3 Å². The first-order valence-electron chi connectivity index (χ1n) is 11.9. The van der Waals surface area contributed by atoms with Crippen LogP contribution < -0.4 is 15.0 Å². The molecule has 1 N–H and O–H groups in total. The van der Waals surface area contributed by atoms with E-state index in [-0.39, 0.29) is 10.3 Å². The number of rotatable bonds is 7. The summed E-state index contributed by atoms with van der Waals surface area (Å²) in [4.78, 5) is 35.3. The summed E-state index contributed by atoms with van der Waals surface area (Å²) >= 11 is 0.816. The predicted molar refractivity (Wildman–Crippen MR) is 142 cm³/mol. The molecule has 3 aromatic rings. The summed E-state index contributed by atoms with van der Waals surface area (Å²) in [5, 5.41) is 1.81. The lowest BCUT2D eigenvalue weighted by molar-refractivity contribution is -0.115. The maximum absolute atomic E-state index is 12.9. The van der Waals surface area contributed by atoms with Crippen molar-refractivity contribution in [3.05, 3.63) is 82.9 Å². The largest absolute Gasteiger partial charge is 0.473 e. The van der Waals surface area contributed by atoms with E-state index in [1.807, 2.05) is 35.2 Å². The van der Waals surface area contributed by atoms with Crippen LogP contribution in [0, 0.1) is 5.41 Å². The highest BCUT2D eigenvalue weighted by atomic mass is 32.2. The standard InChI is InChI=1S/C26H23N5O5S2/c32-23-21(37-25(33)29-23)11-19-12-22(36-13-18-7-3-1-4-8-18)28-24(27-19)30-14-26(15-30)16-31(17-26)38(34,35)20-9-5-2-6-10-20/h1-12H,13-17H2,(H,29,32,33)/b21-11+. The number of anilines is 1. The molecule has 10 nitrogen and oxygen atoms in total. The van der Waals surface area contributed by atoms with Crippen LogP contribution in [-0.2, 0) is 21.4 Å². The summed E-state index contributed by atoms with van der Waals surface area (Å²) in [5.41, 5.74) is 1.26. The number of ether oxygens (including phenoxy) is 1. The number of nitrogens with zero attached hydrogens (tertiary/aromatic N) is 4. The van der Waals surface area contributed by atoms with Gasteiger partial charge in [0, 0.05) is 37.7 Å². The van der Waals surface area contributed by atoms with Crippen molar-refractivity contribution < 1.29 is 22.7 Å². The molecule has 0 unspecified atom stereocenters. The third-order valence-electron chi connectivity index (χ3n) is 6.60. The van der Waals surface area contributed by atoms with Crippen molar-refractivity contribution in [3.63, 3.8) is 0 Å². The Kier molecular flexibility index (Phi) is 6.17. The van der Waals surface area contributed by atoms with Gasteiger partial charge in [0.15, 0.2) is 0 Å². The molecular formula is C26H23N5O5S2. The van der Waals surface area contributed by atoms with Gasteiger partial charge in [-0.1, -0.05) is 48.5 Å². The Hall–Kier alpha value is -3.74. The molecule has 0 bridgehead atoms. The molecule has 0 aliphatic carbocycles. The number of hydrogen-bond donors (Lipinski definition) is 1. The van der Waals surface area contributed by atoms with Crippen molar-refractivity contribution in [2.75, 3.05) is 31.1 Å². The van der Waals surface area contributed by atoms with Crippen LogP contribution in [0.5, 0.6) is 5.88 Å². The number of sulfonamides is 1. The lowest BCUT2D eigenvalue weighted by atomic mass is 9.74. The van der Waals surface area contributed by atoms with E-state index in [0.29, 0.717) is 55.2 Å². The monoisotopic (exact) mass is 549 g/mol. The summed E-state index contributed by atoms with van der Waals surface area (Å²) in [5.74, 6) is 0.291. The predicted octanol–water partition coefficient (Wildman–Crippen LogP) is 2.89. The first kappa shape index (κ1) is 24.6. The molecule has 3 fully saturated rings. The number of carbonyl (C=O) groups is 2. The molecule has 2 aromatic carbocycles. The molecular weight excluding hydrogens is 526 g/mol. The molecule has 4 heterocycles. The van der Waals surface area contributed by atoms with Crippen LogP contribution in [0.3, 0.4) is 0 Å². The molecule has 3 saturated heterocycles. The van der Waals surface area contributed by atoms with Gasteiger partial charge in [-0.25, -0.2) is 13.4 Å². The van der Waals surface area contributed by atoms with Gasteiger partial charge < -0.3 is 9.64 Å². The number of hydrogen-bond acceptors (Lipinski definition) is 9. The van der Waals surface area contributed by atoms with Crippen LogP contribution in [-0.4, -0.2) is 60.0 Å².